The van der Waals surface area contributed by atoms with Gasteiger partial charge < -0.3 is 9.84 Å². The molecule has 9 heteroatoms. The second-order valence-electron chi connectivity index (χ2n) is 5.45. The van der Waals surface area contributed by atoms with Gasteiger partial charge >= 0.3 is 0 Å². The van der Waals surface area contributed by atoms with Crippen molar-refractivity contribution in [2.24, 2.45) is 5.10 Å². The molecule has 0 aliphatic rings. The molecule has 0 radical (unpaired) electrons. The highest BCUT2D eigenvalue weighted by Crippen LogP contribution is 2.31. The van der Waals surface area contributed by atoms with Gasteiger partial charge in [0, 0.05) is 17.7 Å². The maximum absolute atomic E-state index is 11.8. The van der Waals surface area contributed by atoms with Crippen LogP contribution in [0.25, 0.3) is 0 Å². The van der Waals surface area contributed by atoms with E-state index in [2.05, 4.69) is 26.5 Å². The predicted octanol–water partition coefficient (Wildman–Crippen LogP) is 3.21. The van der Waals surface area contributed by atoms with E-state index >= 15 is 0 Å². The van der Waals surface area contributed by atoms with Crippen LogP contribution in [0.3, 0.4) is 0 Å². The van der Waals surface area contributed by atoms with Crippen molar-refractivity contribution in [2.75, 3.05) is 6.61 Å². The van der Waals surface area contributed by atoms with E-state index in [1.165, 1.54) is 6.07 Å². The molecule has 0 aliphatic heterocycles. The van der Waals surface area contributed by atoms with Crippen molar-refractivity contribution in [1.29, 1.82) is 0 Å². The van der Waals surface area contributed by atoms with E-state index in [-0.39, 0.29) is 28.1 Å². The van der Waals surface area contributed by atoms with Gasteiger partial charge in [0.25, 0.3) is 11.6 Å². The number of aryl methyl sites for hydroxylation is 2. The topological polar surface area (TPSA) is 114 Å². The molecule has 0 atom stereocenters. The maximum atomic E-state index is 11.8. The van der Waals surface area contributed by atoms with Crippen LogP contribution in [0, 0.1) is 24.0 Å². The molecular formula is C17H16BrN3O5. The third-order valence-corrected chi connectivity index (χ3v) is 4.13. The highest BCUT2D eigenvalue weighted by atomic mass is 79.9. The monoisotopic (exact) mass is 421 g/mol. The maximum Gasteiger partial charge on any atom is 0.277 e. The van der Waals surface area contributed by atoms with Crippen molar-refractivity contribution < 1.29 is 19.6 Å². The minimum Gasteiger partial charge on any atom is -0.506 e. The number of halogens is 1. The number of amides is 1. The third kappa shape index (κ3) is 5.03. The Kier molecular flexibility index (Phi) is 6.29. The molecule has 0 spiro atoms. The Morgan fingerprint density at radius 2 is 2.08 bits per heavy atom. The van der Waals surface area contributed by atoms with Crippen molar-refractivity contribution in [2.45, 2.75) is 13.8 Å². The van der Waals surface area contributed by atoms with E-state index in [9.17, 15) is 20.0 Å². The standard InChI is InChI=1S/C17H16BrN3O5/c1-10-3-4-14(5-11(10)2)26-9-16(22)20-19-8-12-6-13(21(24)25)7-15(18)17(12)23/h3-8,23H,9H2,1-2H3,(H,20,22)/b19-8+. The number of nitrogens with one attached hydrogen (secondary N) is 1. The van der Waals surface area contributed by atoms with Gasteiger partial charge in [-0.3, -0.25) is 14.9 Å². The molecule has 2 aromatic carbocycles. The second-order valence-corrected chi connectivity index (χ2v) is 6.30. The van der Waals surface area contributed by atoms with Crippen molar-refractivity contribution >= 4 is 33.7 Å². The number of hydrogen-bond acceptors (Lipinski definition) is 6. The first kappa shape index (κ1) is 19.4. The second kappa shape index (κ2) is 8.43. The lowest BCUT2D eigenvalue weighted by Crippen LogP contribution is -2.24. The first-order chi connectivity index (χ1) is 12.3. The molecule has 2 N–H and O–H groups in total. The van der Waals surface area contributed by atoms with Crippen molar-refractivity contribution in [1.82, 2.24) is 5.43 Å². The molecule has 26 heavy (non-hydrogen) atoms. The van der Waals surface area contributed by atoms with E-state index in [4.69, 9.17) is 4.74 Å². The fourth-order valence-corrected chi connectivity index (χ4v) is 2.43. The molecule has 0 aliphatic carbocycles. The lowest BCUT2D eigenvalue weighted by molar-refractivity contribution is -0.385. The number of hydrogen-bond donors (Lipinski definition) is 2. The van der Waals surface area contributed by atoms with Gasteiger partial charge in [-0.1, -0.05) is 6.07 Å². The molecule has 2 aromatic rings. The summed E-state index contributed by atoms with van der Waals surface area (Å²) in [5.74, 6) is -0.170. The molecule has 0 heterocycles. The predicted molar refractivity (Wildman–Crippen MR) is 99.6 cm³/mol. The molecule has 0 aromatic heterocycles. The summed E-state index contributed by atoms with van der Waals surface area (Å²) in [4.78, 5) is 22.0. The Bertz CT molecular complexity index is 883. The number of hydrazone groups is 1. The van der Waals surface area contributed by atoms with Crippen LogP contribution in [0.2, 0.25) is 0 Å². The Morgan fingerprint density at radius 3 is 2.73 bits per heavy atom. The van der Waals surface area contributed by atoms with Crippen LogP contribution in [0.4, 0.5) is 5.69 Å². The molecule has 8 nitrogen and oxygen atoms in total. The lowest BCUT2D eigenvalue weighted by Gasteiger charge is -2.07. The Balaban J connectivity index is 1.96. The van der Waals surface area contributed by atoms with E-state index in [1.807, 2.05) is 26.0 Å². The van der Waals surface area contributed by atoms with Gasteiger partial charge in [0.2, 0.25) is 0 Å². The summed E-state index contributed by atoms with van der Waals surface area (Å²) >= 11 is 3.02. The van der Waals surface area contributed by atoms with E-state index in [0.29, 0.717) is 5.75 Å². The molecule has 2 rings (SSSR count). The van der Waals surface area contributed by atoms with Gasteiger partial charge in [0.1, 0.15) is 11.5 Å². The Hall–Kier alpha value is -2.94. The molecule has 0 saturated heterocycles. The third-order valence-electron chi connectivity index (χ3n) is 3.53. The number of carbonyl (C=O) groups is 1. The van der Waals surface area contributed by atoms with Gasteiger partial charge in [0.15, 0.2) is 6.61 Å². The molecular weight excluding hydrogens is 406 g/mol. The normalized spacial score (nSPS) is 10.7. The van der Waals surface area contributed by atoms with Crippen LogP contribution in [0.15, 0.2) is 39.9 Å². The van der Waals surface area contributed by atoms with Crippen LogP contribution >= 0.6 is 15.9 Å². The zero-order valence-corrected chi connectivity index (χ0v) is 15.6. The largest absolute Gasteiger partial charge is 0.506 e. The van der Waals surface area contributed by atoms with Crippen LogP contribution < -0.4 is 10.2 Å². The molecule has 0 saturated carbocycles. The zero-order chi connectivity index (χ0) is 19.3. The number of carbonyl (C=O) groups excluding carboxylic acids is 1. The number of phenols is 1. The number of phenolic OH excluding ortho intramolecular Hbond substituents is 1. The summed E-state index contributed by atoms with van der Waals surface area (Å²) < 4.78 is 5.52. The van der Waals surface area contributed by atoms with Crippen LogP contribution in [0.1, 0.15) is 16.7 Å². The molecule has 0 unspecified atom stereocenters. The van der Waals surface area contributed by atoms with Gasteiger partial charge in [-0.15, -0.1) is 0 Å². The number of nitrogens with zero attached hydrogens (tertiary/aromatic N) is 2. The zero-order valence-electron chi connectivity index (χ0n) is 14.0. The molecule has 0 bridgehead atoms. The van der Waals surface area contributed by atoms with Gasteiger partial charge in [0.05, 0.1) is 15.6 Å². The summed E-state index contributed by atoms with van der Waals surface area (Å²) in [6.07, 6.45) is 1.11. The number of nitro benzene ring substituents is 1. The number of aromatic hydroxyl groups is 1. The minimum atomic E-state index is -0.600. The number of non-ortho nitro benzene ring substituents is 1. The SMILES string of the molecule is Cc1ccc(OCC(=O)N/N=C/c2cc([N+](=O)[O-])cc(Br)c2O)cc1C. The summed E-state index contributed by atoms with van der Waals surface area (Å²) in [6.45, 7) is 3.67. The highest BCUT2D eigenvalue weighted by Gasteiger charge is 2.13. The van der Waals surface area contributed by atoms with Gasteiger partial charge in [-0.25, -0.2) is 5.43 Å². The fraction of sp³-hybridized carbons (Fsp3) is 0.176. The van der Waals surface area contributed by atoms with Crippen molar-refractivity contribution in [3.63, 3.8) is 0 Å². The summed E-state index contributed by atoms with van der Waals surface area (Å²) in [5, 5.41) is 24.4. The Labute approximate surface area is 157 Å². The van der Waals surface area contributed by atoms with Crippen molar-refractivity contribution in [3.8, 4) is 11.5 Å². The fourth-order valence-electron chi connectivity index (χ4n) is 1.97. The van der Waals surface area contributed by atoms with E-state index in [0.717, 1.165) is 23.4 Å². The number of benzene rings is 2. The smallest absolute Gasteiger partial charge is 0.277 e. The van der Waals surface area contributed by atoms with Crippen LogP contribution in [-0.4, -0.2) is 28.8 Å². The first-order valence-electron chi connectivity index (χ1n) is 7.47. The number of nitro groups is 1. The quantitative estimate of drug-likeness (QED) is 0.422. The summed E-state index contributed by atoms with van der Waals surface area (Å²) in [5.41, 5.74) is 4.26. The number of ether oxygens (including phenoxy) is 1. The van der Waals surface area contributed by atoms with E-state index < -0.39 is 10.8 Å². The number of rotatable bonds is 6. The summed E-state index contributed by atoms with van der Waals surface area (Å²) in [6, 6.07) is 7.79. The first-order valence-corrected chi connectivity index (χ1v) is 8.26. The summed E-state index contributed by atoms with van der Waals surface area (Å²) in [7, 11) is 0. The van der Waals surface area contributed by atoms with Crippen molar-refractivity contribution in [3.05, 3.63) is 61.6 Å². The Morgan fingerprint density at radius 1 is 1.35 bits per heavy atom. The van der Waals surface area contributed by atoms with E-state index in [1.54, 1.807) is 6.07 Å². The van der Waals surface area contributed by atoms with Gasteiger partial charge in [-0.05, 0) is 53.0 Å². The average Bonchev–Trinajstić information content (AvgIpc) is 2.59. The van der Waals surface area contributed by atoms with Crippen LogP contribution in [-0.2, 0) is 4.79 Å². The molecule has 0 fully saturated rings. The highest BCUT2D eigenvalue weighted by molar-refractivity contribution is 9.10. The lowest BCUT2D eigenvalue weighted by atomic mass is 10.1. The minimum absolute atomic E-state index is 0.0847. The molecule has 136 valence electrons. The van der Waals surface area contributed by atoms with Gasteiger partial charge in [-0.2, -0.15) is 5.10 Å². The average molecular weight is 422 g/mol. The van der Waals surface area contributed by atoms with Crippen LogP contribution in [0.5, 0.6) is 11.5 Å². The molecule has 1 amide bonds.